The Bertz CT molecular complexity index is 382. The Kier molecular flexibility index (Phi) is 4.75. The Balaban J connectivity index is 2.44. The Morgan fingerprint density at radius 2 is 2.13 bits per heavy atom. The van der Waals surface area contributed by atoms with Gasteiger partial charge in [0.1, 0.15) is 0 Å². The molecule has 0 bridgehead atoms. The van der Waals surface area contributed by atoms with Gasteiger partial charge in [0, 0.05) is 11.5 Å². The highest BCUT2D eigenvalue weighted by molar-refractivity contribution is 5.89. The van der Waals surface area contributed by atoms with E-state index in [2.05, 4.69) is 18.4 Å². The van der Waals surface area contributed by atoms with Gasteiger partial charge in [-0.1, -0.05) is 30.2 Å². The highest BCUT2D eigenvalue weighted by atomic mass is 16.5. The fraction of sp³-hybridized carbons (Fsp3) is 0.154. The molecular weight excluding hydrogens is 188 g/mol. The zero-order valence-electron chi connectivity index (χ0n) is 8.40. The minimum atomic E-state index is -0.499. The Morgan fingerprint density at radius 1 is 1.40 bits per heavy atom. The molecule has 0 atom stereocenters. The quantitative estimate of drug-likeness (QED) is 0.323. The van der Waals surface area contributed by atoms with E-state index in [1.54, 1.807) is 6.08 Å². The summed E-state index contributed by atoms with van der Waals surface area (Å²) in [4.78, 5) is 11.1. The van der Waals surface area contributed by atoms with E-state index >= 15 is 0 Å². The second-order valence-corrected chi connectivity index (χ2v) is 2.83. The maximum atomic E-state index is 11.1. The summed E-state index contributed by atoms with van der Waals surface area (Å²) in [6, 6.07) is 9.31. The van der Waals surface area contributed by atoms with Crippen molar-refractivity contribution in [3.05, 3.63) is 48.6 Å². The average molecular weight is 200 g/mol. The topological polar surface area (TPSA) is 26.3 Å². The van der Waals surface area contributed by atoms with E-state index in [1.807, 2.05) is 30.3 Å². The van der Waals surface area contributed by atoms with Crippen LogP contribution in [0.2, 0.25) is 0 Å². The Morgan fingerprint density at radius 3 is 2.80 bits per heavy atom. The van der Waals surface area contributed by atoms with Gasteiger partial charge in [0.25, 0.3) is 0 Å². The standard InChI is InChI=1S/C13H12O2/c1-2-3-11-15-13(14)10-9-12-7-5-4-6-8-12/h2,4-8H,1,3,11H2. The molecule has 0 aliphatic heterocycles. The number of ether oxygens (including phenoxy) is 1. The Labute approximate surface area is 89.6 Å². The van der Waals surface area contributed by atoms with Crippen LogP contribution in [0, 0.1) is 11.8 Å². The molecule has 15 heavy (non-hydrogen) atoms. The molecule has 0 fully saturated rings. The molecule has 2 nitrogen and oxygen atoms in total. The van der Waals surface area contributed by atoms with E-state index in [4.69, 9.17) is 4.74 Å². The van der Waals surface area contributed by atoms with Crippen molar-refractivity contribution >= 4 is 5.97 Å². The third kappa shape index (κ3) is 4.68. The van der Waals surface area contributed by atoms with Gasteiger partial charge in [-0.2, -0.15) is 0 Å². The fourth-order valence-corrected chi connectivity index (χ4v) is 0.916. The summed E-state index contributed by atoms with van der Waals surface area (Å²) in [5.74, 6) is 4.63. The van der Waals surface area contributed by atoms with Crippen LogP contribution < -0.4 is 0 Å². The number of carbonyl (C=O) groups is 1. The van der Waals surface area contributed by atoms with Crippen LogP contribution in [0.5, 0.6) is 0 Å². The molecule has 76 valence electrons. The molecule has 0 amide bonds. The highest BCUT2D eigenvalue weighted by Crippen LogP contribution is 1.94. The number of hydrogen-bond donors (Lipinski definition) is 0. The molecule has 0 spiro atoms. The summed E-state index contributed by atoms with van der Waals surface area (Å²) < 4.78 is 4.82. The van der Waals surface area contributed by atoms with E-state index in [9.17, 15) is 4.79 Å². The lowest BCUT2D eigenvalue weighted by Gasteiger charge is -1.95. The van der Waals surface area contributed by atoms with Crippen molar-refractivity contribution in [3.63, 3.8) is 0 Å². The van der Waals surface area contributed by atoms with Crippen molar-refractivity contribution in [1.29, 1.82) is 0 Å². The van der Waals surface area contributed by atoms with Crippen LogP contribution in [0.25, 0.3) is 0 Å². The molecule has 0 heterocycles. The van der Waals surface area contributed by atoms with Crippen molar-refractivity contribution in [2.24, 2.45) is 0 Å². The molecule has 0 aliphatic rings. The van der Waals surface area contributed by atoms with Gasteiger partial charge < -0.3 is 4.74 Å². The maximum absolute atomic E-state index is 11.1. The van der Waals surface area contributed by atoms with Gasteiger partial charge in [-0.05, 0) is 18.6 Å². The van der Waals surface area contributed by atoms with Crippen molar-refractivity contribution in [2.75, 3.05) is 6.61 Å². The smallest absolute Gasteiger partial charge is 0.384 e. The molecule has 0 aromatic heterocycles. The first-order chi connectivity index (χ1) is 7.33. The Hall–Kier alpha value is -2.01. The summed E-state index contributed by atoms with van der Waals surface area (Å²) in [6.07, 6.45) is 2.34. The first-order valence-corrected chi connectivity index (χ1v) is 4.67. The number of rotatable bonds is 3. The van der Waals surface area contributed by atoms with Crippen LogP contribution >= 0.6 is 0 Å². The van der Waals surface area contributed by atoms with E-state index in [-0.39, 0.29) is 0 Å². The fourth-order valence-electron chi connectivity index (χ4n) is 0.916. The van der Waals surface area contributed by atoms with E-state index < -0.39 is 5.97 Å². The van der Waals surface area contributed by atoms with E-state index in [0.717, 1.165) is 5.56 Å². The van der Waals surface area contributed by atoms with E-state index in [0.29, 0.717) is 13.0 Å². The zero-order valence-corrected chi connectivity index (χ0v) is 8.40. The zero-order chi connectivity index (χ0) is 10.9. The number of benzene rings is 1. The lowest BCUT2D eigenvalue weighted by Crippen LogP contribution is -2.01. The molecule has 0 saturated heterocycles. The van der Waals surface area contributed by atoms with Crippen molar-refractivity contribution in [2.45, 2.75) is 6.42 Å². The first-order valence-electron chi connectivity index (χ1n) is 4.67. The molecule has 1 aromatic carbocycles. The molecule has 0 aliphatic carbocycles. The molecular formula is C13H12O2. The van der Waals surface area contributed by atoms with Gasteiger partial charge in [0.05, 0.1) is 6.61 Å². The second kappa shape index (κ2) is 6.44. The molecule has 0 saturated carbocycles. The average Bonchev–Trinajstić information content (AvgIpc) is 2.28. The van der Waals surface area contributed by atoms with Crippen LogP contribution in [0.1, 0.15) is 12.0 Å². The van der Waals surface area contributed by atoms with Crippen LogP contribution in [-0.4, -0.2) is 12.6 Å². The normalized spacial score (nSPS) is 8.53. The summed E-state index contributed by atoms with van der Waals surface area (Å²) >= 11 is 0. The van der Waals surface area contributed by atoms with Gasteiger partial charge in [-0.15, -0.1) is 6.58 Å². The van der Waals surface area contributed by atoms with Gasteiger partial charge in [0.2, 0.25) is 0 Å². The predicted octanol–water partition coefficient (Wildman–Crippen LogP) is 2.16. The first kappa shape index (κ1) is 11.1. The lowest BCUT2D eigenvalue weighted by atomic mass is 10.2. The van der Waals surface area contributed by atoms with Gasteiger partial charge >= 0.3 is 5.97 Å². The second-order valence-electron chi connectivity index (χ2n) is 2.83. The van der Waals surface area contributed by atoms with Crippen LogP contribution in [-0.2, 0) is 9.53 Å². The van der Waals surface area contributed by atoms with Crippen molar-refractivity contribution in [1.82, 2.24) is 0 Å². The summed E-state index contributed by atoms with van der Waals surface area (Å²) in [7, 11) is 0. The summed E-state index contributed by atoms with van der Waals surface area (Å²) in [5.41, 5.74) is 0.804. The summed E-state index contributed by atoms with van der Waals surface area (Å²) in [6.45, 7) is 3.86. The predicted molar refractivity (Wildman–Crippen MR) is 59.1 cm³/mol. The molecule has 0 unspecified atom stereocenters. The van der Waals surface area contributed by atoms with Crippen molar-refractivity contribution < 1.29 is 9.53 Å². The number of esters is 1. The number of hydrogen-bond acceptors (Lipinski definition) is 2. The largest absolute Gasteiger partial charge is 0.456 e. The molecule has 0 radical (unpaired) electrons. The molecule has 2 heteroatoms. The number of carbonyl (C=O) groups excluding carboxylic acids is 1. The molecule has 1 rings (SSSR count). The lowest BCUT2D eigenvalue weighted by molar-refractivity contribution is -0.136. The van der Waals surface area contributed by atoms with Gasteiger partial charge in [0.15, 0.2) is 0 Å². The van der Waals surface area contributed by atoms with Gasteiger partial charge in [-0.25, -0.2) is 4.79 Å². The monoisotopic (exact) mass is 200 g/mol. The highest BCUT2D eigenvalue weighted by Gasteiger charge is 1.94. The van der Waals surface area contributed by atoms with Crippen LogP contribution in [0.3, 0.4) is 0 Å². The van der Waals surface area contributed by atoms with Crippen LogP contribution in [0.15, 0.2) is 43.0 Å². The van der Waals surface area contributed by atoms with Crippen molar-refractivity contribution in [3.8, 4) is 11.8 Å². The maximum Gasteiger partial charge on any atom is 0.384 e. The van der Waals surface area contributed by atoms with Crippen LogP contribution in [0.4, 0.5) is 0 Å². The van der Waals surface area contributed by atoms with Gasteiger partial charge in [-0.3, -0.25) is 0 Å². The summed E-state index contributed by atoms with van der Waals surface area (Å²) in [5, 5.41) is 0. The SMILES string of the molecule is C=CCCOC(=O)C#Cc1ccccc1. The third-order valence-corrected chi connectivity index (χ3v) is 1.64. The third-order valence-electron chi connectivity index (χ3n) is 1.64. The van der Waals surface area contributed by atoms with E-state index in [1.165, 1.54) is 0 Å². The molecule has 0 N–H and O–H groups in total. The minimum absolute atomic E-state index is 0.339. The molecule has 1 aromatic rings. The minimum Gasteiger partial charge on any atom is -0.456 e.